The number of carbonyl (C=O) groups is 1. The quantitative estimate of drug-likeness (QED) is 0.595. The molecular weight excluding hydrogens is 348 g/mol. The molecule has 0 amide bonds. The van der Waals surface area contributed by atoms with Gasteiger partial charge in [0.1, 0.15) is 6.04 Å². The number of halogens is 1. The van der Waals surface area contributed by atoms with Crippen LogP contribution >= 0.6 is 27.7 Å². The zero-order valence-electron chi connectivity index (χ0n) is 11.0. The lowest BCUT2D eigenvalue weighted by molar-refractivity contribution is -0.385. The number of carboxylic acids is 1. The predicted molar refractivity (Wildman–Crippen MR) is 81.8 cm³/mol. The van der Waals surface area contributed by atoms with Gasteiger partial charge in [-0.25, -0.2) is 0 Å². The van der Waals surface area contributed by atoms with Crippen molar-refractivity contribution in [2.45, 2.75) is 30.4 Å². The van der Waals surface area contributed by atoms with E-state index in [2.05, 4.69) is 15.9 Å². The molecule has 1 aromatic carbocycles. The first-order chi connectivity index (χ1) is 9.15. The van der Waals surface area contributed by atoms with Gasteiger partial charge in [-0.3, -0.25) is 14.9 Å². The lowest BCUT2D eigenvalue weighted by Gasteiger charge is -2.27. The van der Waals surface area contributed by atoms with Crippen LogP contribution in [0.4, 0.5) is 5.69 Å². The minimum absolute atomic E-state index is 0.00608. The first-order valence-electron chi connectivity index (χ1n) is 5.70. The number of nitrogens with zero attached hydrogens (tertiary/aromatic N) is 1. The van der Waals surface area contributed by atoms with Crippen LogP contribution in [0.2, 0.25) is 0 Å². The molecular formula is C12H15BrN2O4S. The summed E-state index contributed by atoms with van der Waals surface area (Å²) in [6.45, 7) is 3.42. The van der Waals surface area contributed by atoms with E-state index in [9.17, 15) is 14.9 Å². The Balaban J connectivity index is 2.90. The molecule has 6 nitrogen and oxygen atoms in total. The molecule has 0 spiro atoms. The van der Waals surface area contributed by atoms with Gasteiger partial charge in [-0.2, -0.15) is 0 Å². The number of carboxylic acid groups (broad SMARTS) is 1. The van der Waals surface area contributed by atoms with Crippen molar-refractivity contribution >= 4 is 39.3 Å². The van der Waals surface area contributed by atoms with E-state index in [4.69, 9.17) is 10.8 Å². The Labute approximate surface area is 129 Å². The molecule has 0 unspecified atom stereocenters. The molecule has 1 aromatic rings. The van der Waals surface area contributed by atoms with Crippen molar-refractivity contribution < 1.29 is 14.8 Å². The minimum atomic E-state index is -1.09. The van der Waals surface area contributed by atoms with E-state index < -0.39 is 21.7 Å². The summed E-state index contributed by atoms with van der Waals surface area (Å²) in [5, 5.41) is 19.9. The largest absolute Gasteiger partial charge is 0.480 e. The molecule has 0 saturated heterocycles. The molecule has 0 heterocycles. The second kappa shape index (κ2) is 6.55. The van der Waals surface area contributed by atoms with E-state index >= 15 is 0 Å². The number of hydrogen-bond donors (Lipinski definition) is 2. The molecule has 110 valence electrons. The minimum Gasteiger partial charge on any atom is -0.480 e. The number of nitro groups is 1. The molecule has 0 bridgehead atoms. The van der Waals surface area contributed by atoms with E-state index in [1.807, 2.05) is 0 Å². The summed E-state index contributed by atoms with van der Waals surface area (Å²) in [6, 6.07) is 3.76. The lowest BCUT2D eigenvalue weighted by atomic mass is 10.1. The number of hydrogen-bond acceptors (Lipinski definition) is 5. The van der Waals surface area contributed by atoms with E-state index in [0.717, 1.165) is 0 Å². The SMILES string of the molecule is CC(C)(SCc1ccc(Br)cc1[N+](=O)[O-])[C@@H](N)C(=O)O. The summed E-state index contributed by atoms with van der Waals surface area (Å²) < 4.78 is -0.105. The van der Waals surface area contributed by atoms with Gasteiger partial charge in [0.05, 0.1) is 4.92 Å². The van der Waals surface area contributed by atoms with Crippen molar-refractivity contribution in [1.29, 1.82) is 0 Å². The predicted octanol–water partition coefficient (Wildman–Crippen LogP) is 2.78. The van der Waals surface area contributed by atoms with Crippen LogP contribution in [0.25, 0.3) is 0 Å². The van der Waals surface area contributed by atoms with Crippen LogP contribution in [0, 0.1) is 10.1 Å². The Bertz CT molecular complexity index is 536. The summed E-state index contributed by atoms with van der Waals surface area (Å²) in [5.41, 5.74) is 6.16. The van der Waals surface area contributed by atoms with Gasteiger partial charge in [0.15, 0.2) is 0 Å². The maximum absolute atomic E-state index is 11.0. The smallest absolute Gasteiger partial charge is 0.321 e. The van der Waals surface area contributed by atoms with Gasteiger partial charge in [-0.15, -0.1) is 11.8 Å². The maximum Gasteiger partial charge on any atom is 0.321 e. The van der Waals surface area contributed by atoms with Crippen molar-refractivity contribution in [2.24, 2.45) is 5.73 Å². The monoisotopic (exact) mass is 362 g/mol. The van der Waals surface area contributed by atoms with Crippen molar-refractivity contribution in [3.05, 3.63) is 38.3 Å². The van der Waals surface area contributed by atoms with Gasteiger partial charge in [-0.05, 0) is 19.9 Å². The van der Waals surface area contributed by atoms with Crippen LogP contribution in [0.3, 0.4) is 0 Å². The number of nitro benzene ring substituents is 1. The third kappa shape index (κ3) is 4.19. The Hall–Kier alpha value is -1.12. The van der Waals surface area contributed by atoms with Gasteiger partial charge >= 0.3 is 5.97 Å². The third-order valence-electron chi connectivity index (χ3n) is 2.86. The Kier molecular flexibility index (Phi) is 5.55. The van der Waals surface area contributed by atoms with E-state index in [-0.39, 0.29) is 5.69 Å². The normalized spacial score (nSPS) is 13.0. The topological polar surface area (TPSA) is 106 Å². The van der Waals surface area contributed by atoms with Gasteiger partial charge in [-0.1, -0.05) is 22.0 Å². The zero-order valence-corrected chi connectivity index (χ0v) is 13.4. The molecule has 0 aliphatic carbocycles. The Morgan fingerprint density at radius 1 is 1.60 bits per heavy atom. The molecule has 8 heteroatoms. The van der Waals surface area contributed by atoms with Gasteiger partial charge in [0.2, 0.25) is 0 Å². The highest BCUT2D eigenvalue weighted by Crippen LogP contribution is 2.34. The lowest BCUT2D eigenvalue weighted by Crippen LogP contribution is -2.46. The second-order valence-corrected chi connectivity index (χ2v) is 7.28. The van der Waals surface area contributed by atoms with Crippen LogP contribution < -0.4 is 5.73 Å². The fourth-order valence-electron chi connectivity index (χ4n) is 1.48. The summed E-state index contributed by atoms with van der Waals surface area (Å²) in [4.78, 5) is 21.5. The molecule has 0 fully saturated rings. The molecule has 20 heavy (non-hydrogen) atoms. The first-order valence-corrected chi connectivity index (χ1v) is 7.48. The molecule has 0 aromatic heterocycles. The molecule has 0 aliphatic heterocycles. The number of aliphatic carboxylic acids is 1. The van der Waals surface area contributed by atoms with Crippen LogP contribution in [-0.4, -0.2) is 26.8 Å². The standard InChI is InChI=1S/C12H15BrN2O4S/c1-12(2,10(14)11(16)17)20-6-7-3-4-8(13)5-9(7)15(18)19/h3-5,10H,6,14H2,1-2H3,(H,16,17)/t10-/m0/s1. The second-order valence-electron chi connectivity index (χ2n) is 4.74. The molecule has 0 saturated carbocycles. The van der Waals surface area contributed by atoms with Crippen LogP contribution in [0.1, 0.15) is 19.4 Å². The summed E-state index contributed by atoms with van der Waals surface area (Å²) >= 11 is 4.47. The van der Waals surface area contributed by atoms with E-state index in [1.165, 1.54) is 17.8 Å². The zero-order chi connectivity index (χ0) is 15.5. The van der Waals surface area contributed by atoms with Crippen LogP contribution in [-0.2, 0) is 10.5 Å². The summed E-state index contributed by atoms with van der Waals surface area (Å²) in [6.07, 6.45) is 0. The number of nitrogens with two attached hydrogens (primary N) is 1. The number of thioether (sulfide) groups is 1. The summed E-state index contributed by atoms with van der Waals surface area (Å²) in [5.74, 6) is -0.773. The van der Waals surface area contributed by atoms with Crippen molar-refractivity contribution in [3.8, 4) is 0 Å². The Morgan fingerprint density at radius 3 is 2.70 bits per heavy atom. The highest BCUT2D eigenvalue weighted by atomic mass is 79.9. The van der Waals surface area contributed by atoms with Gasteiger partial charge in [0.25, 0.3) is 5.69 Å². The molecule has 0 aliphatic rings. The van der Waals surface area contributed by atoms with Crippen molar-refractivity contribution in [3.63, 3.8) is 0 Å². The van der Waals surface area contributed by atoms with E-state index in [0.29, 0.717) is 15.8 Å². The highest BCUT2D eigenvalue weighted by molar-refractivity contribution is 9.10. The van der Waals surface area contributed by atoms with Gasteiger partial charge in [0, 0.05) is 26.6 Å². The molecule has 3 N–H and O–H groups in total. The van der Waals surface area contributed by atoms with E-state index in [1.54, 1.807) is 26.0 Å². The van der Waals surface area contributed by atoms with Crippen LogP contribution in [0.5, 0.6) is 0 Å². The number of rotatable bonds is 6. The van der Waals surface area contributed by atoms with Crippen molar-refractivity contribution in [1.82, 2.24) is 0 Å². The fourth-order valence-corrected chi connectivity index (χ4v) is 2.88. The average Bonchev–Trinajstić information content (AvgIpc) is 2.36. The van der Waals surface area contributed by atoms with Crippen LogP contribution in [0.15, 0.2) is 22.7 Å². The van der Waals surface area contributed by atoms with Gasteiger partial charge < -0.3 is 10.8 Å². The highest BCUT2D eigenvalue weighted by Gasteiger charge is 2.33. The molecule has 0 radical (unpaired) electrons. The average molecular weight is 363 g/mol. The summed E-state index contributed by atoms with van der Waals surface area (Å²) in [7, 11) is 0. The fraction of sp³-hybridized carbons (Fsp3) is 0.417. The molecule has 1 rings (SSSR count). The molecule has 1 atom stereocenters. The Morgan fingerprint density at radius 2 is 2.20 bits per heavy atom. The first kappa shape index (κ1) is 16.9. The number of benzene rings is 1. The van der Waals surface area contributed by atoms with Crippen molar-refractivity contribution in [2.75, 3.05) is 0 Å². The maximum atomic E-state index is 11.0. The third-order valence-corrected chi connectivity index (χ3v) is 4.81.